The SMILES string of the molecule is CCCNC(=O)c1sc(N2CCC(C(C)(C)C)C2)cc1N. The molecule has 0 bridgehead atoms. The van der Waals surface area contributed by atoms with Crippen LogP contribution in [0.25, 0.3) is 0 Å². The molecule has 5 heteroatoms. The lowest BCUT2D eigenvalue weighted by molar-refractivity contribution is 0.0958. The van der Waals surface area contributed by atoms with Gasteiger partial charge in [0.1, 0.15) is 4.88 Å². The van der Waals surface area contributed by atoms with Crippen LogP contribution in [0.4, 0.5) is 10.7 Å². The van der Waals surface area contributed by atoms with E-state index in [4.69, 9.17) is 5.73 Å². The first-order valence-electron chi connectivity index (χ1n) is 7.75. The molecule has 0 saturated carbocycles. The van der Waals surface area contributed by atoms with Crippen LogP contribution >= 0.6 is 11.3 Å². The summed E-state index contributed by atoms with van der Waals surface area (Å²) >= 11 is 1.52. The van der Waals surface area contributed by atoms with Crippen molar-refractivity contribution >= 4 is 27.9 Å². The summed E-state index contributed by atoms with van der Waals surface area (Å²) in [5.74, 6) is 0.648. The Bertz CT molecular complexity index is 504. The highest BCUT2D eigenvalue weighted by atomic mass is 32.1. The number of nitrogens with zero attached hydrogens (tertiary/aromatic N) is 1. The van der Waals surface area contributed by atoms with E-state index in [1.807, 2.05) is 13.0 Å². The summed E-state index contributed by atoms with van der Waals surface area (Å²) in [4.78, 5) is 15.1. The van der Waals surface area contributed by atoms with E-state index < -0.39 is 0 Å². The van der Waals surface area contributed by atoms with Gasteiger partial charge in [-0.15, -0.1) is 11.3 Å². The van der Waals surface area contributed by atoms with Crippen molar-refractivity contribution in [2.75, 3.05) is 30.3 Å². The normalized spacial score (nSPS) is 19.0. The Morgan fingerprint density at radius 3 is 2.81 bits per heavy atom. The molecular formula is C16H27N3OS. The summed E-state index contributed by atoms with van der Waals surface area (Å²) in [6.07, 6.45) is 2.14. The van der Waals surface area contributed by atoms with E-state index >= 15 is 0 Å². The van der Waals surface area contributed by atoms with E-state index in [9.17, 15) is 4.79 Å². The summed E-state index contributed by atoms with van der Waals surface area (Å²) in [6.45, 7) is 11.7. The molecular weight excluding hydrogens is 282 g/mol. The Morgan fingerprint density at radius 1 is 1.52 bits per heavy atom. The molecule has 1 aliphatic rings. The molecule has 1 aromatic heterocycles. The van der Waals surface area contributed by atoms with Gasteiger partial charge >= 0.3 is 0 Å². The highest BCUT2D eigenvalue weighted by Gasteiger charge is 2.32. The molecule has 2 heterocycles. The van der Waals surface area contributed by atoms with Gasteiger partial charge in [-0.3, -0.25) is 4.79 Å². The molecule has 1 fully saturated rings. The quantitative estimate of drug-likeness (QED) is 0.897. The van der Waals surface area contributed by atoms with Crippen molar-refractivity contribution in [2.45, 2.75) is 40.5 Å². The number of hydrogen-bond acceptors (Lipinski definition) is 4. The molecule has 4 nitrogen and oxygen atoms in total. The van der Waals surface area contributed by atoms with Crippen molar-refractivity contribution in [3.8, 4) is 0 Å². The third kappa shape index (κ3) is 3.70. The van der Waals surface area contributed by atoms with Crippen LogP contribution in [0.2, 0.25) is 0 Å². The van der Waals surface area contributed by atoms with Crippen molar-refractivity contribution in [3.05, 3.63) is 10.9 Å². The maximum atomic E-state index is 12.1. The Labute approximate surface area is 131 Å². The van der Waals surface area contributed by atoms with E-state index in [1.165, 1.54) is 17.8 Å². The lowest BCUT2D eigenvalue weighted by Gasteiger charge is -2.27. The average Bonchev–Trinajstić information content (AvgIpc) is 3.01. The van der Waals surface area contributed by atoms with Gasteiger partial charge in [0.2, 0.25) is 0 Å². The van der Waals surface area contributed by atoms with Crippen LogP contribution < -0.4 is 16.0 Å². The Balaban J connectivity index is 2.07. The highest BCUT2D eigenvalue weighted by molar-refractivity contribution is 7.18. The fourth-order valence-corrected chi connectivity index (χ4v) is 3.74. The second-order valence-electron chi connectivity index (χ2n) is 6.92. The fourth-order valence-electron chi connectivity index (χ4n) is 2.71. The first-order valence-corrected chi connectivity index (χ1v) is 8.57. The third-order valence-corrected chi connectivity index (χ3v) is 5.42. The number of thiophene rings is 1. The van der Waals surface area contributed by atoms with Crippen LogP contribution in [-0.2, 0) is 0 Å². The van der Waals surface area contributed by atoms with Crippen LogP contribution in [0.15, 0.2) is 6.07 Å². The minimum atomic E-state index is -0.0443. The Morgan fingerprint density at radius 2 is 2.24 bits per heavy atom. The number of anilines is 2. The molecule has 1 saturated heterocycles. The van der Waals surface area contributed by atoms with Gasteiger partial charge in [-0.2, -0.15) is 0 Å². The molecule has 2 rings (SSSR count). The molecule has 1 atom stereocenters. The van der Waals surface area contributed by atoms with Gasteiger partial charge in [-0.1, -0.05) is 27.7 Å². The van der Waals surface area contributed by atoms with Crippen molar-refractivity contribution in [3.63, 3.8) is 0 Å². The number of carbonyl (C=O) groups is 1. The van der Waals surface area contributed by atoms with Crippen molar-refractivity contribution in [1.82, 2.24) is 5.32 Å². The maximum Gasteiger partial charge on any atom is 0.263 e. The van der Waals surface area contributed by atoms with Gasteiger partial charge in [-0.05, 0) is 30.2 Å². The molecule has 1 aromatic rings. The molecule has 0 aliphatic carbocycles. The van der Waals surface area contributed by atoms with E-state index in [1.54, 1.807) is 0 Å². The molecule has 1 amide bonds. The summed E-state index contributed by atoms with van der Waals surface area (Å²) in [5.41, 5.74) is 6.96. The molecule has 0 aromatic carbocycles. The summed E-state index contributed by atoms with van der Waals surface area (Å²) in [6, 6.07) is 1.95. The number of nitrogens with one attached hydrogen (secondary N) is 1. The van der Waals surface area contributed by atoms with Crippen LogP contribution in [0.3, 0.4) is 0 Å². The Hall–Kier alpha value is -1.23. The number of carbonyl (C=O) groups excluding carboxylic acids is 1. The van der Waals surface area contributed by atoms with Crippen molar-refractivity contribution < 1.29 is 4.79 Å². The van der Waals surface area contributed by atoms with Gasteiger partial charge in [0, 0.05) is 19.6 Å². The van der Waals surface area contributed by atoms with Crippen LogP contribution in [0.1, 0.15) is 50.2 Å². The maximum absolute atomic E-state index is 12.1. The molecule has 3 N–H and O–H groups in total. The zero-order valence-corrected chi connectivity index (χ0v) is 14.3. The number of rotatable bonds is 4. The smallest absolute Gasteiger partial charge is 0.263 e. The third-order valence-electron chi connectivity index (χ3n) is 4.21. The molecule has 1 aliphatic heterocycles. The summed E-state index contributed by atoms with van der Waals surface area (Å²) < 4.78 is 0. The monoisotopic (exact) mass is 309 g/mol. The predicted molar refractivity (Wildman–Crippen MR) is 91.1 cm³/mol. The minimum absolute atomic E-state index is 0.0443. The van der Waals surface area contributed by atoms with Crippen LogP contribution in [0.5, 0.6) is 0 Å². The van der Waals surface area contributed by atoms with Gasteiger partial charge in [0.25, 0.3) is 5.91 Å². The molecule has 0 radical (unpaired) electrons. The largest absolute Gasteiger partial charge is 0.397 e. The van der Waals surface area contributed by atoms with Gasteiger partial charge in [0.05, 0.1) is 10.7 Å². The highest BCUT2D eigenvalue weighted by Crippen LogP contribution is 2.39. The zero-order valence-electron chi connectivity index (χ0n) is 13.5. The summed E-state index contributed by atoms with van der Waals surface area (Å²) in [5, 5.41) is 4.03. The van der Waals surface area contributed by atoms with Crippen molar-refractivity contribution in [1.29, 1.82) is 0 Å². The standard InChI is InChI=1S/C16H27N3OS/c1-5-7-18-15(20)14-12(17)9-13(21-14)19-8-6-11(10-19)16(2,3)4/h9,11H,5-8,10,17H2,1-4H3,(H,18,20). The van der Waals surface area contributed by atoms with Crippen LogP contribution in [-0.4, -0.2) is 25.5 Å². The van der Waals surface area contributed by atoms with E-state index in [-0.39, 0.29) is 5.91 Å². The number of nitrogen functional groups attached to an aromatic ring is 1. The minimum Gasteiger partial charge on any atom is -0.397 e. The average molecular weight is 309 g/mol. The second-order valence-corrected chi connectivity index (χ2v) is 7.95. The zero-order chi connectivity index (χ0) is 15.6. The van der Waals surface area contributed by atoms with E-state index in [2.05, 4.69) is 31.0 Å². The van der Waals surface area contributed by atoms with E-state index in [0.29, 0.717) is 28.4 Å². The first-order chi connectivity index (χ1) is 9.82. The molecule has 1 unspecified atom stereocenters. The molecule has 0 spiro atoms. The topological polar surface area (TPSA) is 58.4 Å². The van der Waals surface area contributed by atoms with Gasteiger partial charge in [0.15, 0.2) is 0 Å². The van der Waals surface area contributed by atoms with E-state index in [0.717, 1.165) is 24.5 Å². The Kier molecular flexibility index (Phi) is 4.81. The molecule has 118 valence electrons. The predicted octanol–water partition coefficient (Wildman–Crippen LogP) is 3.34. The lowest BCUT2D eigenvalue weighted by Crippen LogP contribution is -2.25. The fraction of sp³-hybridized carbons (Fsp3) is 0.688. The van der Waals surface area contributed by atoms with Gasteiger partial charge < -0.3 is 16.0 Å². The first kappa shape index (κ1) is 16.1. The van der Waals surface area contributed by atoms with Crippen molar-refractivity contribution in [2.24, 2.45) is 11.3 Å². The van der Waals surface area contributed by atoms with Crippen LogP contribution in [0, 0.1) is 11.3 Å². The number of amides is 1. The second kappa shape index (κ2) is 6.26. The number of hydrogen-bond donors (Lipinski definition) is 2. The van der Waals surface area contributed by atoms with Gasteiger partial charge in [-0.25, -0.2) is 0 Å². The number of nitrogens with two attached hydrogens (primary N) is 1. The lowest BCUT2D eigenvalue weighted by atomic mass is 9.80. The summed E-state index contributed by atoms with van der Waals surface area (Å²) in [7, 11) is 0. The molecule has 21 heavy (non-hydrogen) atoms.